The highest BCUT2D eigenvalue weighted by Crippen LogP contribution is 2.49. The maximum atomic E-state index is 13.4. The van der Waals surface area contributed by atoms with E-state index in [0.717, 1.165) is 5.56 Å². The Morgan fingerprint density at radius 3 is 2.55 bits per heavy atom. The van der Waals surface area contributed by atoms with E-state index >= 15 is 0 Å². The molecule has 0 saturated carbocycles. The van der Waals surface area contributed by atoms with Gasteiger partial charge in [0.25, 0.3) is 5.91 Å². The van der Waals surface area contributed by atoms with E-state index in [0.29, 0.717) is 22.7 Å². The van der Waals surface area contributed by atoms with Crippen molar-refractivity contribution in [2.24, 2.45) is 5.92 Å². The van der Waals surface area contributed by atoms with Gasteiger partial charge in [0.15, 0.2) is 0 Å². The Bertz CT molecular complexity index is 1020. The lowest BCUT2D eigenvalue weighted by atomic mass is 9.98. The average Bonchev–Trinajstić information content (AvgIpc) is 3.30. The maximum Gasteiger partial charge on any atom is 0.314 e. The third-order valence-corrected chi connectivity index (χ3v) is 5.54. The Kier molecular flexibility index (Phi) is 5.54. The number of fused-ring (bicyclic) bond motifs is 3. The summed E-state index contributed by atoms with van der Waals surface area (Å²) in [5.74, 6) is -0.142. The Morgan fingerprint density at radius 1 is 1.16 bits per heavy atom. The number of anilines is 1. The number of methoxy groups -OCH3 is 1. The number of nitrogens with zero attached hydrogens (tertiary/aromatic N) is 1. The number of likely N-dealkylation sites (tertiary alicyclic amines) is 1. The van der Waals surface area contributed by atoms with Gasteiger partial charge < -0.3 is 24.4 Å². The molecule has 1 fully saturated rings. The molecule has 2 aromatic carbocycles. The number of benzene rings is 2. The van der Waals surface area contributed by atoms with Crippen molar-refractivity contribution in [3.05, 3.63) is 53.6 Å². The van der Waals surface area contributed by atoms with Gasteiger partial charge in [0.05, 0.1) is 19.8 Å². The molecule has 0 spiro atoms. The number of carbonyl (C=O) groups excluding carboxylic acids is 3. The standard InChI is InChI=1S/C23H24N2O6/c1-4-30-23(28)18-12-25(22(27)14-5-7-15(8-6-14)24-13(2)26)20-17-10-9-16(29-3)11-19(17)31-21(18)20/h5-11,18,20-21H,4,12H2,1-3H3,(H,24,26)/t18-,20+,21+/m1/s1. The summed E-state index contributed by atoms with van der Waals surface area (Å²) in [6.45, 7) is 3.63. The molecule has 2 aliphatic rings. The number of rotatable bonds is 5. The van der Waals surface area contributed by atoms with Crippen LogP contribution < -0.4 is 14.8 Å². The van der Waals surface area contributed by atoms with E-state index in [9.17, 15) is 14.4 Å². The van der Waals surface area contributed by atoms with Crippen molar-refractivity contribution in [2.75, 3.05) is 25.6 Å². The van der Waals surface area contributed by atoms with Gasteiger partial charge in [-0.3, -0.25) is 14.4 Å². The van der Waals surface area contributed by atoms with Crippen LogP contribution in [0, 0.1) is 5.92 Å². The van der Waals surface area contributed by atoms with Crippen LogP contribution in [0.4, 0.5) is 5.69 Å². The molecule has 1 N–H and O–H groups in total. The Morgan fingerprint density at radius 2 is 1.90 bits per heavy atom. The van der Waals surface area contributed by atoms with Crippen LogP contribution in [0.15, 0.2) is 42.5 Å². The van der Waals surface area contributed by atoms with E-state index in [-0.39, 0.29) is 30.9 Å². The van der Waals surface area contributed by atoms with Gasteiger partial charge in [0.2, 0.25) is 5.91 Å². The third-order valence-electron chi connectivity index (χ3n) is 5.54. The average molecular weight is 424 g/mol. The van der Waals surface area contributed by atoms with Gasteiger partial charge in [0, 0.05) is 36.3 Å². The molecular formula is C23H24N2O6. The number of hydrogen-bond acceptors (Lipinski definition) is 6. The molecule has 31 heavy (non-hydrogen) atoms. The molecule has 0 aliphatic carbocycles. The van der Waals surface area contributed by atoms with Crippen LogP contribution in [-0.4, -0.2) is 49.0 Å². The van der Waals surface area contributed by atoms with Crippen molar-refractivity contribution < 1.29 is 28.6 Å². The number of carbonyl (C=O) groups is 3. The molecule has 0 unspecified atom stereocenters. The molecule has 162 valence electrons. The van der Waals surface area contributed by atoms with Crippen molar-refractivity contribution in [2.45, 2.75) is 26.0 Å². The summed E-state index contributed by atoms with van der Waals surface area (Å²) in [6.07, 6.45) is -0.524. The molecule has 0 radical (unpaired) electrons. The van der Waals surface area contributed by atoms with Crippen LogP contribution in [0.1, 0.15) is 35.8 Å². The van der Waals surface area contributed by atoms with E-state index < -0.39 is 18.1 Å². The minimum Gasteiger partial charge on any atom is -0.497 e. The normalized spacial score (nSPS) is 21.0. The van der Waals surface area contributed by atoms with Gasteiger partial charge in [-0.25, -0.2) is 0 Å². The first-order valence-electron chi connectivity index (χ1n) is 10.1. The second kappa shape index (κ2) is 8.29. The van der Waals surface area contributed by atoms with E-state index in [2.05, 4.69) is 5.32 Å². The van der Waals surface area contributed by atoms with Crippen LogP contribution >= 0.6 is 0 Å². The van der Waals surface area contributed by atoms with E-state index in [1.165, 1.54) is 6.92 Å². The maximum absolute atomic E-state index is 13.4. The Labute approximate surface area is 180 Å². The summed E-state index contributed by atoms with van der Waals surface area (Å²) < 4.78 is 16.6. The molecule has 4 rings (SSSR count). The third kappa shape index (κ3) is 3.81. The SMILES string of the molecule is CCOC(=O)[C@@H]1CN(C(=O)c2ccc(NC(C)=O)cc2)[C@H]2c3ccc(OC)cc3O[C@@H]12. The largest absolute Gasteiger partial charge is 0.497 e. The summed E-state index contributed by atoms with van der Waals surface area (Å²) in [5, 5.41) is 2.68. The second-order valence-corrected chi connectivity index (χ2v) is 7.51. The smallest absolute Gasteiger partial charge is 0.314 e. The minimum atomic E-state index is -0.592. The molecule has 3 atom stereocenters. The first-order chi connectivity index (χ1) is 14.9. The molecule has 0 aromatic heterocycles. The van der Waals surface area contributed by atoms with Crippen molar-refractivity contribution in [3.8, 4) is 11.5 Å². The lowest BCUT2D eigenvalue weighted by molar-refractivity contribution is -0.149. The summed E-state index contributed by atoms with van der Waals surface area (Å²) >= 11 is 0. The number of esters is 1. The number of nitrogens with one attached hydrogen (secondary N) is 1. The highest BCUT2D eigenvalue weighted by Gasteiger charge is 2.54. The lowest BCUT2D eigenvalue weighted by Crippen LogP contribution is -2.32. The van der Waals surface area contributed by atoms with Crippen molar-refractivity contribution >= 4 is 23.5 Å². The summed E-state index contributed by atoms with van der Waals surface area (Å²) in [7, 11) is 1.57. The monoisotopic (exact) mass is 424 g/mol. The van der Waals surface area contributed by atoms with Gasteiger partial charge in [-0.05, 0) is 43.3 Å². The fraction of sp³-hybridized carbons (Fsp3) is 0.348. The first kappa shape index (κ1) is 20.7. The zero-order chi connectivity index (χ0) is 22.1. The van der Waals surface area contributed by atoms with Gasteiger partial charge in [0.1, 0.15) is 23.5 Å². The summed E-state index contributed by atoms with van der Waals surface area (Å²) in [5.41, 5.74) is 1.90. The van der Waals surface area contributed by atoms with E-state index in [1.54, 1.807) is 49.3 Å². The van der Waals surface area contributed by atoms with Crippen molar-refractivity contribution in [1.82, 2.24) is 4.90 Å². The number of ether oxygens (including phenoxy) is 3. The highest BCUT2D eigenvalue weighted by atomic mass is 16.5. The molecular weight excluding hydrogens is 400 g/mol. The van der Waals surface area contributed by atoms with Crippen LogP contribution in [0.2, 0.25) is 0 Å². The van der Waals surface area contributed by atoms with Gasteiger partial charge >= 0.3 is 5.97 Å². The van der Waals surface area contributed by atoms with Crippen molar-refractivity contribution in [1.29, 1.82) is 0 Å². The predicted molar refractivity (Wildman–Crippen MR) is 112 cm³/mol. The molecule has 2 aromatic rings. The second-order valence-electron chi connectivity index (χ2n) is 7.51. The number of hydrogen-bond donors (Lipinski definition) is 1. The van der Waals surface area contributed by atoms with Gasteiger partial charge in [-0.2, -0.15) is 0 Å². The quantitative estimate of drug-likeness (QED) is 0.742. The van der Waals surface area contributed by atoms with Crippen LogP contribution in [0.3, 0.4) is 0 Å². The molecule has 2 aliphatic heterocycles. The van der Waals surface area contributed by atoms with E-state index in [4.69, 9.17) is 14.2 Å². The fourth-order valence-electron chi connectivity index (χ4n) is 4.19. The van der Waals surface area contributed by atoms with Crippen LogP contribution in [0.5, 0.6) is 11.5 Å². The molecule has 1 saturated heterocycles. The first-order valence-corrected chi connectivity index (χ1v) is 10.1. The summed E-state index contributed by atoms with van der Waals surface area (Å²) in [6, 6.07) is 11.7. The zero-order valence-corrected chi connectivity index (χ0v) is 17.6. The topological polar surface area (TPSA) is 94.2 Å². The highest BCUT2D eigenvalue weighted by molar-refractivity contribution is 5.96. The Balaban J connectivity index is 1.66. The molecule has 0 bridgehead atoms. The van der Waals surface area contributed by atoms with Crippen LogP contribution in [-0.2, 0) is 14.3 Å². The number of amides is 2. The molecule has 8 heteroatoms. The van der Waals surface area contributed by atoms with Gasteiger partial charge in [-0.1, -0.05) is 0 Å². The van der Waals surface area contributed by atoms with Crippen molar-refractivity contribution in [3.63, 3.8) is 0 Å². The molecule has 2 amide bonds. The van der Waals surface area contributed by atoms with E-state index in [1.807, 2.05) is 12.1 Å². The molecule has 2 heterocycles. The lowest BCUT2D eigenvalue weighted by Gasteiger charge is -2.23. The summed E-state index contributed by atoms with van der Waals surface area (Å²) in [4.78, 5) is 38.9. The zero-order valence-electron chi connectivity index (χ0n) is 17.6. The van der Waals surface area contributed by atoms with Crippen LogP contribution in [0.25, 0.3) is 0 Å². The minimum absolute atomic E-state index is 0.186. The Hall–Kier alpha value is -3.55. The van der Waals surface area contributed by atoms with Gasteiger partial charge in [-0.15, -0.1) is 0 Å². The fourth-order valence-corrected chi connectivity index (χ4v) is 4.19. The predicted octanol–water partition coefficient (Wildman–Crippen LogP) is 2.79. The molecule has 8 nitrogen and oxygen atoms in total.